The van der Waals surface area contributed by atoms with E-state index in [2.05, 4.69) is 36.1 Å². The Kier molecular flexibility index (Phi) is 11.1. The van der Waals surface area contributed by atoms with Gasteiger partial charge >= 0.3 is 11.9 Å². The van der Waals surface area contributed by atoms with Crippen molar-refractivity contribution in [3.8, 4) is 11.5 Å². The van der Waals surface area contributed by atoms with Gasteiger partial charge in [0.2, 0.25) is 0 Å². The Morgan fingerprint density at radius 3 is 2.37 bits per heavy atom. The molecule has 0 saturated carbocycles. The zero-order chi connectivity index (χ0) is 29.2. The molecule has 220 valence electrons. The topological polar surface area (TPSA) is 112 Å². The SMILES string of the molecule is CCOC(=O)CC(CC(=O)OCC)N1CCC(COc2cc3ncnc(Nc4cccc(Br)c4)c3cc2OC)CC1. The summed E-state index contributed by atoms with van der Waals surface area (Å²) < 4.78 is 23.2. The van der Waals surface area contributed by atoms with E-state index < -0.39 is 0 Å². The lowest BCUT2D eigenvalue weighted by Crippen LogP contribution is -2.44. The molecule has 0 aliphatic carbocycles. The third-order valence-electron chi connectivity index (χ3n) is 7.06. The van der Waals surface area contributed by atoms with Gasteiger partial charge in [-0.05, 0) is 70.0 Å². The van der Waals surface area contributed by atoms with Crippen LogP contribution in [0.4, 0.5) is 11.5 Å². The molecule has 1 fully saturated rings. The second kappa shape index (κ2) is 15.0. The predicted molar refractivity (Wildman–Crippen MR) is 160 cm³/mol. The molecule has 1 aliphatic rings. The Bertz CT molecular complexity index is 1310. The average molecular weight is 630 g/mol. The van der Waals surface area contributed by atoms with Crippen molar-refractivity contribution in [2.75, 3.05) is 45.3 Å². The number of hydrogen-bond donors (Lipinski definition) is 1. The zero-order valence-corrected chi connectivity index (χ0v) is 25.3. The van der Waals surface area contributed by atoms with Crippen molar-refractivity contribution in [1.29, 1.82) is 0 Å². The number of halogens is 1. The quantitative estimate of drug-likeness (QED) is 0.243. The smallest absolute Gasteiger partial charge is 0.307 e. The lowest BCUT2D eigenvalue weighted by molar-refractivity contribution is -0.147. The summed E-state index contributed by atoms with van der Waals surface area (Å²) >= 11 is 3.50. The average Bonchev–Trinajstić information content (AvgIpc) is 2.96. The Morgan fingerprint density at radius 2 is 1.73 bits per heavy atom. The van der Waals surface area contributed by atoms with Crippen LogP contribution in [-0.4, -0.2) is 72.9 Å². The molecule has 0 bridgehead atoms. The number of piperidine rings is 1. The Morgan fingerprint density at radius 1 is 1.02 bits per heavy atom. The maximum atomic E-state index is 12.2. The predicted octanol–water partition coefficient (Wildman–Crippen LogP) is 5.51. The van der Waals surface area contributed by atoms with Gasteiger partial charge in [0.15, 0.2) is 11.5 Å². The van der Waals surface area contributed by atoms with Gasteiger partial charge in [-0.2, -0.15) is 0 Å². The summed E-state index contributed by atoms with van der Waals surface area (Å²) in [6, 6.07) is 11.4. The van der Waals surface area contributed by atoms with E-state index in [1.165, 1.54) is 6.33 Å². The van der Waals surface area contributed by atoms with Crippen LogP contribution in [0.2, 0.25) is 0 Å². The Labute approximate surface area is 248 Å². The minimum atomic E-state index is -0.297. The number of likely N-dealkylation sites (tertiary alicyclic amines) is 1. The molecule has 1 N–H and O–H groups in total. The first kappa shape index (κ1) is 30.5. The van der Waals surface area contributed by atoms with Gasteiger partial charge in [-0.15, -0.1) is 0 Å². The molecule has 3 aromatic rings. The summed E-state index contributed by atoms with van der Waals surface area (Å²) in [5, 5.41) is 4.17. The number of benzene rings is 2. The van der Waals surface area contributed by atoms with Crippen molar-refractivity contribution in [2.45, 2.75) is 45.6 Å². The maximum absolute atomic E-state index is 12.2. The van der Waals surface area contributed by atoms with Crippen LogP contribution in [-0.2, 0) is 19.1 Å². The summed E-state index contributed by atoms with van der Waals surface area (Å²) in [6.45, 7) is 6.22. The molecule has 10 nitrogen and oxygen atoms in total. The van der Waals surface area contributed by atoms with Crippen molar-refractivity contribution in [3.63, 3.8) is 0 Å². The zero-order valence-electron chi connectivity index (χ0n) is 23.7. The van der Waals surface area contributed by atoms with E-state index in [4.69, 9.17) is 18.9 Å². The van der Waals surface area contributed by atoms with E-state index in [0.717, 1.165) is 47.0 Å². The Hall–Kier alpha value is -3.44. The highest BCUT2D eigenvalue weighted by molar-refractivity contribution is 9.10. The molecular weight excluding hydrogens is 592 g/mol. The lowest BCUT2D eigenvalue weighted by atomic mass is 9.95. The van der Waals surface area contributed by atoms with Crippen LogP contribution in [0.25, 0.3) is 10.9 Å². The van der Waals surface area contributed by atoms with E-state index in [-0.39, 0.29) is 30.8 Å². The first-order valence-corrected chi connectivity index (χ1v) is 14.7. The standard InChI is InChI=1S/C30H37BrN4O6/c1-4-39-28(36)14-23(15-29(37)40-5-2)35-11-9-20(10-12-35)18-41-27-17-25-24(16-26(27)38-3)30(33-19-32-25)34-22-8-6-7-21(31)13-22/h6-8,13,16-17,19-20,23H,4-5,9-12,14-15,18H2,1-3H3,(H,32,33,34). The van der Waals surface area contributed by atoms with Crippen LogP contribution < -0.4 is 14.8 Å². The van der Waals surface area contributed by atoms with Crippen molar-refractivity contribution in [2.24, 2.45) is 5.92 Å². The second-order valence-corrected chi connectivity index (χ2v) is 10.8. The summed E-state index contributed by atoms with van der Waals surface area (Å²) in [6.07, 6.45) is 3.62. The number of rotatable bonds is 13. The van der Waals surface area contributed by atoms with Crippen LogP contribution in [0.1, 0.15) is 39.5 Å². The molecule has 1 aliphatic heterocycles. The molecule has 0 atom stereocenters. The third kappa shape index (κ3) is 8.53. The fourth-order valence-electron chi connectivity index (χ4n) is 4.99. The van der Waals surface area contributed by atoms with Gasteiger partial charge in [0.1, 0.15) is 12.1 Å². The van der Waals surface area contributed by atoms with Crippen LogP contribution >= 0.6 is 15.9 Å². The molecule has 41 heavy (non-hydrogen) atoms. The molecule has 1 saturated heterocycles. The number of nitrogens with zero attached hydrogens (tertiary/aromatic N) is 3. The molecular formula is C30H37BrN4O6. The fraction of sp³-hybridized carbons (Fsp3) is 0.467. The molecule has 1 aromatic heterocycles. The van der Waals surface area contributed by atoms with Gasteiger partial charge in [-0.3, -0.25) is 14.5 Å². The maximum Gasteiger partial charge on any atom is 0.307 e. The van der Waals surface area contributed by atoms with Gasteiger partial charge in [-0.1, -0.05) is 22.0 Å². The van der Waals surface area contributed by atoms with Gasteiger partial charge < -0.3 is 24.3 Å². The number of esters is 2. The highest BCUT2D eigenvalue weighted by Gasteiger charge is 2.29. The minimum Gasteiger partial charge on any atom is -0.493 e. The molecule has 2 aromatic carbocycles. The van der Waals surface area contributed by atoms with Gasteiger partial charge in [0.25, 0.3) is 0 Å². The van der Waals surface area contributed by atoms with E-state index in [0.29, 0.717) is 43.1 Å². The molecule has 4 rings (SSSR count). The molecule has 0 unspecified atom stereocenters. The highest BCUT2D eigenvalue weighted by atomic mass is 79.9. The normalized spacial score (nSPS) is 14.2. The summed E-state index contributed by atoms with van der Waals surface area (Å²) in [4.78, 5) is 35.5. The summed E-state index contributed by atoms with van der Waals surface area (Å²) in [5.41, 5.74) is 1.64. The van der Waals surface area contributed by atoms with Crippen LogP contribution in [0.15, 0.2) is 47.2 Å². The molecule has 0 amide bonds. The van der Waals surface area contributed by atoms with E-state index in [1.54, 1.807) is 21.0 Å². The first-order valence-electron chi connectivity index (χ1n) is 13.9. The first-order chi connectivity index (χ1) is 19.9. The van der Waals surface area contributed by atoms with Crippen LogP contribution in [0.5, 0.6) is 11.5 Å². The fourth-order valence-corrected chi connectivity index (χ4v) is 5.39. The largest absolute Gasteiger partial charge is 0.493 e. The number of methoxy groups -OCH3 is 1. The molecule has 2 heterocycles. The van der Waals surface area contributed by atoms with Gasteiger partial charge in [0.05, 0.1) is 45.3 Å². The second-order valence-electron chi connectivity index (χ2n) is 9.84. The van der Waals surface area contributed by atoms with Crippen molar-refractivity contribution in [1.82, 2.24) is 14.9 Å². The number of fused-ring (bicyclic) bond motifs is 1. The third-order valence-corrected chi connectivity index (χ3v) is 7.56. The van der Waals surface area contributed by atoms with Crippen LogP contribution in [0.3, 0.4) is 0 Å². The number of nitrogens with one attached hydrogen (secondary N) is 1. The molecule has 0 radical (unpaired) electrons. The van der Waals surface area contributed by atoms with E-state index >= 15 is 0 Å². The number of anilines is 2. The summed E-state index contributed by atoms with van der Waals surface area (Å²) in [5.74, 6) is 1.62. The lowest BCUT2D eigenvalue weighted by Gasteiger charge is -2.36. The summed E-state index contributed by atoms with van der Waals surface area (Å²) in [7, 11) is 1.62. The Balaban J connectivity index is 1.39. The van der Waals surface area contributed by atoms with Gasteiger partial charge in [-0.25, -0.2) is 9.97 Å². The van der Waals surface area contributed by atoms with E-state index in [1.807, 2.05) is 36.4 Å². The van der Waals surface area contributed by atoms with E-state index in [9.17, 15) is 9.59 Å². The number of ether oxygens (including phenoxy) is 4. The highest BCUT2D eigenvalue weighted by Crippen LogP contribution is 2.35. The number of hydrogen-bond acceptors (Lipinski definition) is 10. The van der Waals surface area contributed by atoms with Crippen LogP contribution in [0, 0.1) is 5.92 Å². The molecule has 0 spiro atoms. The van der Waals surface area contributed by atoms with Crippen molar-refractivity contribution >= 4 is 50.3 Å². The van der Waals surface area contributed by atoms with Gasteiger partial charge in [0, 0.05) is 27.7 Å². The van der Waals surface area contributed by atoms with Crippen molar-refractivity contribution in [3.05, 3.63) is 47.2 Å². The number of carbonyl (C=O) groups excluding carboxylic acids is 2. The monoisotopic (exact) mass is 628 g/mol. The minimum absolute atomic E-state index is 0.169. The number of carbonyl (C=O) groups is 2. The van der Waals surface area contributed by atoms with Crippen molar-refractivity contribution < 1.29 is 28.5 Å². The number of aromatic nitrogens is 2. The molecule has 11 heteroatoms.